The van der Waals surface area contributed by atoms with Crippen LogP contribution in [0.4, 0.5) is 0 Å². The Kier molecular flexibility index (Phi) is 17.0. The van der Waals surface area contributed by atoms with Gasteiger partial charge >= 0.3 is 5.97 Å². The number of benzene rings is 1. The summed E-state index contributed by atoms with van der Waals surface area (Å²) in [5, 5.41) is 23.4. The Morgan fingerprint density at radius 1 is 0.630 bits per heavy atom. The van der Waals surface area contributed by atoms with E-state index in [1.807, 2.05) is 45.9 Å². The fourth-order valence-electron chi connectivity index (χ4n) is 14.9. The van der Waals surface area contributed by atoms with Crippen LogP contribution in [0.25, 0.3) is 0 Å². The van der Waals surface area contributed by atoms with Gasteiger partial charge in [0.15, 0.2) is 25.2 Å². The van der Waals surface area contributed by atoms with Gasteiger partial charge in [0.25, 0.3) is 0 Å². The van der Waals surface area contributed by atoms with Crippen molar-refractivity contribution in [3.8, 4) is 0 Å². The SMILES string of the molecule is CO[C@H]1C[C@H](O[C@H]2CC[C@@]3(C)C(=CC[C@@H]4[C@@H]3C[C@@H](OC(=O)c3ccccc3)[C@]3(C)[C@H](C(C)=O)CC[C@]43O)C2)O[C@H](C)[C@H]1O[C@H]1C[C@H](OC)[C@H](O[C@H]2C[C@@H](OC)[C@H](O[C@H]3C[C@@H](OC)[C@H](O)[C@@H](C)O3)[C@@H](C)O2)[C@@H](C)O1. The van der Waals surface area contributed by atoms with Gasteiger partial charge < -0.3 is 71.8 Å². The second kappa shape index (κ2) is 22.5. The van der Waals surface area contributed by atoms with Crippen LogP contribution >= 0.6 is 0 Å². The molecule has 0 radical (unpaired) electrons. The van der Waals surface area contributed by atoms with E-state index in [0.29, 0.717) is 56.9 Å². The second-order valence-corrected chi connectivity index (χ2v) is 22.9. The van der Waals surface area contributed by atoms with Gasteiger partial charge in [-0.25, -0.2) is 4.79 Å². The van der Waals surface area contributed by atoms with Crippen molar-refractivity contribution < 1.29 is 81.4 Å². The number of methoxy groups -OCH3 is 4. The van der Waals surface area contributed by atoms with Crippen molar-refractivity contribution in [1.29, 1.82) is 0 Å². The molecule has 0 amide bonds. The average Bonchev–Trinajstić information content (AvgIpc) is 3.66. The molecule has 0 spiro atoms. The number of carbonyl (C=O) groups is 2. The third kappa shape index (κ3) is 10.5. The van der Waals surface area contributed by atoms with Crippen molar-refractivity contribution in [2.45, 2.75) is 235 Å². The molecule has 4 aliphatic heterocycles. The van der Waals surface area contributed by atoms with Gasteiger partial charge in [0.1, 0.15) is 36.3 Å². The zero-order valence-electron chi connectivity index (χ0n) is 44.9. The largest absolute Gasteiger partial charge is 0.458 e. The Bertz CT molecular complexity index is 2080. The summed E-state index contributed by atoms with van der Waals surface area (Å²) in [6, 6.07) is 8.99. The van der Waals surface area contributed by atoms with Gasteiger partial charge in [-0.3, -0.25) is 4.79 Å². The molecule has 73 heavy (non-hydrogen) atoms. The van der Waals surface area contributed by atoms with E-state index in [4.69, 9.17) is 61.6 Å². The van der Waals surface area contributed by atoms with Crippen molar-refractivity contribution in [2.75, 3.05) is 28.4 Å². The van der Waals surface area contributed by atoms with Crippen LogP contribution in [0.2, 0.25) is 0 Å². The number of aliphatic hydroxyl groups excluding tert-OH is 1. The lowest BCUT2D eigenvalue weighted by Crippen LogP contribution is -2.66. The molecule has 0 bridgehead atoms. The molecule has 1 aromatic carbocycles. The van der Waals surface area contributed by atoms with Gasteiger partial charge in [0.2, 0.25) is 0 Å². The number of allylic oxidation sites excluding steroid dienone is 1. The summed E-state index contributed by atoms with van der Waals surface area (Å²) < 4.78 is 82.0. The topological polar surface area (TPSA) is 195 Å². The van der Waals surface area contributed by atoms with Gasteiger partial charge in [-0.15, -0.1) is 0 Å². The molecular formula is C56H84O17. The molecular weight excluding hydrogens is 945 g/mol. The number of rotatable bonds is 15. The second-order valence-electron chi connectivity index (χ2n) is 22.9. The lowest BCUT2D eigenvalue weighted by Gasteiger charge is -2.63. The summed E-state index contributed by atoms with van der Waals surface area (Å²) in [5.74, 6) is -0.812. The van der Waals surface area contributed by atoms with E-state index in [2.05, 4.69) is 13.0 Å². The Balaban J connectivity index is 0.793. The first kappa shape index (κ1) is 55.3. The minimum absolute atomic E-state index is 0.0348. The fourth-order valence-corrected chi connectivity index (χ4v) is 14.9. The molecule has 0 unspecified atom stereocenters. The Morgan fingerprint density at radius 2 is 1.12 bits per heavy atom. The van der Waals surface area contributed by atoms with Crippen LogP contribution in [0.5, 0.6) is 0 Å². The van der Waals surface area contributed by atoms with Crippen molar-refractivity contribution in [3.05, 3.63) is 47.5 Å². The van der Waals surface area contributed by atoms with Gasteiger partial charge in [-0.2, -0.15) is 0 Å². The normalized spacial score (nSPS) is 47.9. The summed E-state index contributed by atoms with van der Waals surface area (Å²) in [7, 11) is 6.56. The number of carbonyl (C=O) groups excluding carboxylic acids is 2. The monoisotopic (exact) mass is 1030 g/mol. The van der Waals surface area contributed by atoms with E-state index in [1.165, 1.54) is 5.57 Å². The third-order valence-corrected chi connectivity index (χ3v) is 19.1. The Hall–Kier alpha value is -2.46. The van der Waals surface area contributed by atoms with Crippen LogP contribution in [0.15, 0.2) is 42.0 Å². The zero-order chi connectivity index (χ0) is 52.1. The standard InChI is InChI=1S/C56H84O17/c1-29(57)37-20-22-56(60)38-18-17-35-23-36(19-21-54(35,6)39(38)24-44(55(37,56)7)70-53(59)34-15-13-12-14-16-34)69-45-26-41(62-9)50(31(3)66-45)72-47-28-43(64-11)52(33(5)68-47)73-48-27-42(63-10)51(32(4)67-48)71-46-25-40(61-8)49(58)30(2)65-46/h12-17,30-33,36-52,58,60H,18-28H2,1-11H3/t30-,31-,32-,33-,36+,37+,38-,39+,40-,41+,42-,43+,44-,45+,46+,47+,48+,49-,50-,51-,52-,54+,55+,56+/m1/s1. The van der Waals surface area contributed by atoms with E-state index in [1.54, 1.807) is 54.4 Å². The highest BCUT2D eigenvalue weighted by Gasteiger charge is 2.71. The van der Waals surface area contributed by atoms with Crippen molar-refractivity contribution in [1.82, 2.24) is 0 Å². The third-order valence-electron chi connectivity index (χ3n) is 19.1. The lowest BCUT2D eigenvalue weighted by molar-refractivity contribution is -0.347. The van der Waals surface area contributed by atoms with Crippen LogP contribution in [-0.2, 0) is 66.4 Å². The predicted molar refractivity (Wildman–Crippen MR) is 263 cm³/mol. The molecule has 9 rings (SSSR count). The predicted octanol–water partition coefficient (Wildman–Crippen LogP) is 6.61. The fraction of sp³-hybridized carbons (Fsp3) is 0.821. The number of hydrogen-bond donors (Lipinski definition) is 2. The summed E-state index contributed by atoms with van der Waals surface area (Å²) in [6.07, 6.45) is 0.353. The maximum absolute atomic E-state index is 13.7. The number of ether oxygens (including phenoxy) is 13. The number of fused-ring (bicyclic) bond motifs is 5. The summed E-state index contributed by atoms with van der Waals surface area (Å²) >= 11 is 0. The molecule has 8 aliphatic rings. The number of esters is 1. The highest BCUT2D eigenvalue weighted by atomic mass is 16.8. The summed E-state index contributed by atoms with van der Waals surface area (Å²) in [4.78, 5) is 26.9. The Morgan fingerprint density at radius 3 is 1.63 bits per heavy atom. The number of hydrogen-bond acceptors (Lipinski definition) is 17. The van der Waals surface area contributed by atoms with E-state index >= 15 is 0 Å². The molecule has 0 aromatic heterocycles. The molecule has 2 N–H and O–H groups in total. The molecule has 4 heterocycles. The van der Waals surface area contributed by atoms with Crippen LogP contribution in [0.1, 0.15) is 129 Å². The number of aliphatic hydroxyl groups is 2. The van der Waals surface area contributed by atoms with Gasteiger partial charge in [-0.1, -0.05) is 43.7 Å². The first-order chi connectivity index (χ1) is 34.8. The van der Waals surface area contributed by atoms with E-state index < -0.39 is 103 Å². The van der Waals surface area contributed by atoms with Crippen LogP contribution in [0.3, 0.4) is 0 Å². The minimum atomic E-state index is -1.17. The summed E-state index contributed by atoms with van der Waals surface area (Å²) in [5.41, 5.74) is -0.558. The molecule has 410 valence electrons. The van der Waals surface area contributed by atoms with Gasteiger partial charge in [-0.05, 0) is 109 Å². The summed E-state index contributed by atoms with van der Waals surface area (Å²) in [6.45, 7) is 13.6. The molecule has 4 saturated heterocycles. The molecule has 3 saturated carbocycles. The maximum Gasteiger partial charge on any atom is 0.338 e. The van der Waals surface area contributed by atoms with Crippen LogP contribution in [0, 0.1) is 28.6 Å². The van der Waals surface area contributed by atoms with E-state index in [9.17, 15) is 19.8 Å². The highest BCUT2D eigenvalue weighted by Crippen LogP contribution is 2.69. The molecule has 1 aromatic rings. The van der Waals surface area contributed by atoms with Crippen molar-refractivity contribution in [2.24, 2.45) is 28.6 Å². The first-order valence-electron chi connectivity index (χ1n) is 27.1. The van der Waals surface area contributed by atoms with E-state index in [0.717, 1.165) is 19.3 Å². The molecule has 17 heteroatoms. The molecule has 7 fully saturated rings. The van der Waals surface area contributed by atoms with Gasteiger partial charge in [0, 0.05) is 65.5 Å². The maximum atomic E-state index is 13.7. The van der Waals surface area contributed by atoms with Crippen molar-refractivity contribution in [3.63, 3.8) is 0 Å². The van der Waals surface area contributed by atoms with Crippen molar-refractivity contribution >= 4 is 11.8 Å². The smallest absolute Gasteiger partial charge is 0.338 e. The van der Waals surface area contributed by atoms with Gasteiger partial charge in [0.05, 0.1) is 66.1 Å². The van der Waals surface area contributed by atoms with Crippen LogP contribution < -0.4 is 0 Å². The minimum Gasteiger partial charge on any atom is -0.458 e. The quantitative estimate of drug-likeness (QED) is 0.141. The van der Waals surface area contributed by atoms with Crippen LogP contribution in [-0.4, -0.2) is 167 Å². The lowest BCUT2D eigenvalue weighted by atomic mass is 9.45. The average molecular weight is 1030 g/mol. The number of ketones is 1. The number of Topliss-reactive ketones (excluding diaryl/α,β-unsaturated/α-hetero) is 1. The first-order valence-corrected chi connectivity index (χ1v) is 27.1. The Labute approximate surface area is 431 Å². The highest BCUT2D eigenvalue weighted by molar-refractivity contribution is 5.89. The molecule has 17 nitrogen and oxygen atoms in total. The zero-order valence-corrected chi connectivity index (χ0v) is 44.9. The van der Waals surface area contributed by atoms with E-state index in [-0.39, 0.29) is 53.6 Å². The molecule has 4 aliphatic carbocycles. The molecule has 24 atom stereocenters.